The Bertz CT molecular complexity index is 1090. The van der Waals surface area contributed by atoms with E-state index in [1.165, 1.54) is 7.05 Å². The van der Waals surface area contributed by atoms with Crippen LogP contribution in [0.4, 0.5) is 9.59 Å². The van der Waals surface area contributed by atoms with Crippen LogP contribution in [-0.4, -0.2) is 44.7 Å². The molecule has 1 aliphatic carbocycles. The summed E-state index contributed by atoms with van der Waals surface area (Å²) >= 11 is 0. The van der Waals surface area contributed by atoms with E-state index in [0.717, 1.165) is 27.8 Å². The van der Waals surface area contributed by atoms with E-state index in [4.69, 9.17) is 19.9 Å². The number of hydrogen-bond acceptors (Lipinski definition) is 6. The van der Waals surface area contributed by atoms with Gasteiger partial charge in [-0.05, 0) is 27.8 Å². The number of ether oxygens (including phenoxy) is 3. The van der Waals surface area contributed by atoms with Gasteiger partial charge in [0.1, 0.15) is 12.7 Å². The zero-order chi connectivity index (χ0) is 23.9. The Kier molecular flexibility index (Phi) is 7.44. The second-order valence-electron chi connectivity index (χ2n) is 8.06. The van der Waals surface area contributed by atoms with Gasteiger partial charge in [0.25, 0.3) is 0 Å². The lowest BCUT2D eigenvalue weighted by atomic mass is 9.98. The average Bonchev–Trinajstić information content (AvgIpc) is 3.20. The molecule has 2 unspecified atom stereocenters. The minimum atomic E-state index is -0.867. The molecule has 7 heteroatoms. The Labute approximate surface area is 198 Å². The molecule has 3 N–H and O–H groups in total. The molecule has 0 saturated heterocycles. The van der Waals surface area contributed by atoms with Crippen LogP contribution in [0.2, 0.25) is 0 Å². The van der Waals surface area contributed by atoms with Gasteiger partial charge in [0.15, 0.2) is 6.10 Å². The summed E-state index contributed by atoms with van der Waals surface area (Å²) in [6, 6.07) is 25.7. The van der Waals surface area contributed by atoms with Gasteiger partial charge >= 0.3 is 12.2 Å². The van der Waals surface area contributed by atoms with Crippen molar-refractivity contribution in [3.63, 3.8) is 0 Å². The topological polar surface area (TPSA) is 99.9 Å². The quantitative estimate of drug-likeness (QED) is 0.488. The third-order valence-corrected chi connectivity index (χ3v) is 5.97. The smallest absolute Gasteiger partial charge is 0.442 e. The van der Waals surface area contributed by atoms with E-state index < -0.39 is 24.5 Å². The molecule has 4 rings (SSSR count). The molecule has 1 aliphatic rings. The van der Waals surface area contributed by atoms with Crippen molar-refractivity contribution in [3.05, 3.63) is 95.6 Å². The predicted molar refractivity (Wildman–Crippen MR) is 128 cm³/mol. The SMILES string of the molecule is CNC(=O)OC(Cc1ccccc1)C(CN)OC(=O)OCC1c2ccccc2-c2ccccc21. The van der Waals surface area contributed by atoms with Crippen molar-refractivity contribution in [1.29, 1.82) is 0 Å². The van der Waals surface area contributed by atoms with Crippen LogP contribution in [0.15, 0.2) is 78.9 Å². The van der Waals surface area contributed by atoms with E-state index in [2.05, 4.69) is 17.4 Å². The van der Waals surface area contributed by atoms with E-state index in [0.29, 0.717) is 6.42 Å². The van der Waals surface area contributed by atoms with Crippen LogP contribution in [0.25, 0.3) is 11.1 Å². The van der Waals surface area contributed by atoms with Crippen LogP contribution >= 0.6 is 0 Å². The van der Waals surface area contributed by atoms with Crippen LogP contribution in [0, 0.1) is 0 Å². The van der Waals surface area contributed by atoms with E-state index >= 15 is 0 Å². The lowest BCUT2D eigenvalue weighted by Crippen LogP contribution is -2.43. The third-order valence-electron chi connectivity index (χ3n) is 5.97. The molecule has 7 nitrogen and oxygen atoms in total. The molecular formula is C27H28N2O5. The summed E-state index contributed by atoms with van der Waals surface area (Å²) in [6.07, 6.45) is -2.78. The summed E-state index contributed by atoms with van der Waals surface area (Å²) in [5, 5.41) is 2.42. The van der Waals surface area contributed by atoms with Gasteiger partial charge in [-0.25, -0.2) is 9.59 Å². The number of alkyl carbamates (subject to hydrolysis) is 1. The first-order valence-electron chi connectivity index (χ1n) is 11.2. The van der Waals surface area contributed by atoms with Gasteiger partial charge in [0, 0.05) is 25.9 Å². The molecule has 3 aromatic carbocycles. The Hall–Kier alpha value is -3.84. The highest BCUT2D eigenvalue weighted by atomic mass is 16.7. The molecule has 0 aromatic heterocycles. The minimum absolute atomic E-state index is 0.0291. The standard InChI is InChI=1S/C27H28N2O5/c1-29-26(30)33-24(15-18-9-3-2-4-10-18)25(16-28)34-27(31)32-17-23-21-13-7-5-11-19(21)20-12-6-8-14-22(20)23/h2-14,23-25H,15-17,28H2,1H3,(H,29,30). The molecule has 0 aliphatic heterocycles. The molecule has 3 aromatic rings. The number of benzene rings is 3. The van der Waals surface area contributed by atoms with Gasteiger partial charge in [0.05, 0.1) is 0 Å². The van der Waals surface area contributed by atoms with Crippen LogP contribution < -0.4 is 11.1 Å². The van der Waals surface area contributed by atoms with Crippen molar-refractivity contribution < 1.29 is 23.8 Å². The van der Waals surface area contributed by atoms with E-state index in [1.54, 1.807) is 0 Å². The minimum Gasteiger partial charge on any atom is -0.442 e. The second-order valence-corrected chi connectivity index (χ2v) is 8.06. The maximum Gasteiger partial charge on any atom is 0.508 e. The van der Waals surface area contributed by atoms with E-state index in [1.807, 2.05) is 66.7 Å². The van der Waals surface area contributed by atoms with Gasteiger partial charge in [-0.2, -0.15) is 0 Å². The first kappa shape index (κ1) is 23.3. The summed E-state index contributed by atoms with van der Waals surface area (Å²) < 4.78 is 16.5. The van der Waals surface area contributed by atoms with Crippen LogP contribution in [0.1, 0.15) is 22.6 Å². The van der Waals surface area contributed by atoms with Crippen molar-refractivity contribution in [2.24, 2.45) is 5.73 Å². The molecule has 0 bridgehead atoms. The summed E-state index contributed by atoms with van der Waals surface area (Å²) in [6.45, 7) is 0.0997. The number of fused-ring (bicyclic) bond motifs is 3. The lowest BCUT2D eigenvalue weighted by Gasteiger charge is -2.26. The molecule has 0 fully saturated rings. The average molecular weight is 461 g/mol. The maximum atomic E-state index is 12.6. The van der Waals surface area contributed by atoms with Crippen LogP contribution in [-0.2, 0) is 20.6 Å². The highest BCUT2D eigenvalue weighted by Gasteiger charge is 2.31. The van der Waals surface area contributed by atoms with Gasteiger partial charge < -0.3 is 25.3 Å². The first-order valence-corrected chi connectivity index (χ1v) is 11.2. The molecule has 0 saturated carbocycles. The highest BCUT2D eigenvalue weighted by molar-refractivity contribution is 5.79. The highest BCUT2D eigenvalue weighted by Crippen LogP contribution is 2.44. The van der Waals surface area contributed by atoms with Crippen molar-refractivity contribution in [2.45, 2.75) is 24.5 Å². The summed E-state index contributed by atoms with van der Waals surface area (Å²) in [5.41, 5.74) is 11.3. The largest absolute Gasteiger partial charge is 0.508 e. The van der Waals surface area contributed by atoms with Crippen LogP contribution in [0.5, 0.6) is 0 Å². The Balaban J connectivity index is 1.43. The summed E-state index contributed by atoms with van der Waals surface area (Å²) in [7, 11) is 1.46. The molecule has 0 radical (unpaired) electrons. The summed E-state index contributed by atoms with van der Waals surface area (Å²) in [4.78, 5) is 24.6. The zero-order valence-corrected chi connectivity index (χ0v) is 19.0. The van der Waals surface area contributed by atoms with Gasteiger partial charge in [0.2, 0.25) is 0 Å². The number of carbonyl (C=O) groups excluding carboxylic acids is 2. The van der Waals surface area contributed by atoms with Crippen molar-refractivity contribution >= 4 is 12.2 Å². The Morgan fingerprint density at radius 1 is 0.853 bits per heavy atom. The van der Waals surface area contributed by atoms with Gasteiger partial charge in [-0.15, -0.1) is 0 Å². The molecular weight excluding hydrogens is 432 g/mol. The molecule has 1 amide bonds. The van der Waals surface area contributed by atoms with Crippen molar-refractivity contribution in [3.8, 4) is 11.1 Å². The maximum absolute atomic E-state index is 12.6. The fourth-order valence-corrected chi connectivity index (χ4v) is 4.32. The van der Waals surface area contributed by atoms with E-state index in [-0.39, 0.29) is 19.1 Å². The number of amides is 1. The number of nitrogens with two attached hydrogens (primary N) is 1. The summed E-state index contributed by atoms with van der Waals surface area (Å²) in [5.74, 6) is -0.0847. The molecule has 34 heavy (non-hydrogen) atoms. The molecule has 176 valence electrons. The third kappa shape index (κ3) is 5.21. The number of nitrogens with one attached hydrogen (secondary N) is 1. The molecule has 0 heterocycles. The predicted octanol–water partition coefficient (Wildman–Crippen LogP) is 4.25. The fourth-order valence-electron chi connectivity index (χ4n) is 4.32. The van der Waals surface area contributed by atoms with Gasteiger partial charge in [-0.1, -0.05) is 78.9 Å². The van der Waals surface area contributed by atoms with Crippen molar-refractivity contribution in [1.82, 2.24) is 5.32 Å². The lowest BCUT2D eigenvalue weighted by molar-refractivity contribution is -0.0340. The second kappa shape index (κ2) is 10.9. The van der Waals surface area contributed by atoms with Crippen LogP contribution in [0.3, 0.4) is 0 Å². The Morgan fingerprint density at radius 3 is 2.03 bits per heavy atom. The first-order chi connectivity index (χ1) is 16.6. The van der Waals surface area contributed by atoms with E-state index in [9.17, 15) is 9.59 Å². The number of rotatable bonds is 8. The molecule has 2 atom stereocenters. The Morgan fingerprint density at radius 2 is 1.44 bits per heavy atom. The monoisotopic (exact) mass is 460 g/mol. The zero-order valence-electron chi connectivity index (χ0n) is 19.0. The van der Waals surface area contributed by atoms with Gasteiger partial charge in [-0.3, -0.25) is 0 Å². The number of carbonyl (C=O) groups is 2. The number of hydrogen-bond donors (Lipinski definition) is 2. The molecule has 0 spiro atoms. The van der Waals surface area contributed by atoms with Crippen molar-refractivity contribution in [2.75, 3.05) is 20.2 Å². The normalized spacial score (nSPS) is 13.8. The fraction of sp³-hybridized carbons (Fsp3) is 0.259.